The Labute approximate surface area is 110 Å². The van der Waals surface area contributed by atoms with Crippen LogP contribution in [0.2, 0.25) is 0 Å². The van der Waals surface area contributed by atoms with Gasteiger partial charge in [0.05, 0.1) is 0 Å². The summed E-state index contributed by atoms with van der Waals surface area (Å²) in [6, 6.07) is 6.99. The molecule has 1 aliphatic rings. The van der Waals surface area contributed by atoms with Gasteiger partial charge in [0.1, 0.15) is 5.82 Å². The number of hydrogen-bond donors (Lipinski definition) is 1. The van der Waals surface area contributed by atoms with Gasteiger partial charge in [-0.1, -0.05) is 57.2 Å². The Kier molecular flexibility index (Phi) is 4.39. The van der Waals surface area contributed by atoms with Gasteiger partial charge in [-0.25, -0.2) is 4.39 Å². The summed E-state index contributed by atoms with van der Waals surface area (Å²) in [6.45, 7) is 2.06. The first-order valence-corrected chi connectivity index (χ1v) is 7.19. The average molecular weight is 249 g/mol. The van der Waals surface area contributed by atoms with Gasteiger partial charge in [0.2, 0.25) is 0 Å². The molecule has 0 heterocycles. The maximum absolute atomic E-state index is 13.9. The molecule has 0 aliphatic heterocycles. The van der Waals surface area contributed by atoms with E-state index in [9.17, 15) is 4.39 Å². The Bertz CT molecular complexity index is 384. The van der Waals surface area contributed by atoms with E-state index < -0.39 is 5.54 Å². The fraction of sp³-hybridized carbons (Fsp3) is 0.625. The number of hydrogen-bond acceptors (Lipinski definition) is 1. The van der Waals surface area contributed by atoms with E-state index in [4.69, 9.17) is 5.73 Å². The van der Waals surface area contributed by atoms with Gasteiger partial charge in [-0.3, -0.25) is 0 Å². The van der Waals surface area contributed by atoms with Crippen molar-refractivity contribution in [2.24, 2.45) is 11.7 Å². The van der Waals surface area contributed by atoms with Crippen molar-refractivity contribution >= 4 is 0 Å². The lowest BCUT2D eigenvalue weighted by molar-refractivity contribution is 0.248. The van der Waals surface area contributed by atoms with E-state index in [1.807, 2.05) is 12.1 Å². The van der Waals surface area contributed by atoms with Crippen LogP contribution in [-0.4, -0.2) is 0 Å². The van der Waals surface area contributed by atoms with E-state index in [1.54, 1.807) is 6.07 Å². The molecule has 1 atom stereocenters. The zero-order valence-corrected chi connectivity index (χ0v) is 11.3. The largest absolute Gasteiger partial charge is 0.321 e. The molecular formula is C16H24FN. The van der Waals surface area contributed by atoms with Gasteiger partial charge in [0.15, 0.2) is 0 Å². The number of rotatable bonds is 4. The highest BCUT2D eigenvalue weighted by Crippen LogP contribution is 2.36. The molecule has 1 aromatic rings. The first-order valence-electron chi connectivity index (χ1n) is 7.19. The van der Waals surface area contributed by atoms with E-state index in [1.165, 1.54) is 38.2 Å². The highest BCUT2D eigenvalue weighted by molar-refractivity contribution is 5.25. The molecule has 1 fully saturated rings. The second-order valence-electron chi connectivity index (χ2n) is 5.70. The maximum atomic E-state index is 13.9. The predicted molar refractivity (Wildman–Crippen MR) is 73.7 cm³/mol. The van der Waals surface area contributed by atoms with Crippen molar-refractivity contribution in [3.63, 3.8) is 0 Å². The van der Waals surface area contributed by atoms with E-state index in [0.717, 1.165) is 12.8 Å². The third-order valence-corrected chi connectivity index (χ3v) is 4.42. The van der Waals surface area contributed by atoms with Gasteiger partial charge in [-0.15, -0.1) is 0 Å². The summed E-state index contributed by atoms with van der Waals surface area (Å²) < 4.78 is 13.9. The Morgan fingerprint density at radius 1 is 1.22 bits per heavy atom. The van der Waals surface area contributed by atoms with Crippen LogP contribution in [0.4, 0.5) is 4.39 Å². The third kappa shape index (κ3) is 2.92. The Hall–Kier alpha value is -0.890. The van der Waals surface area contributed by atoms with Crippen molar-refractivity contribution in [1.29, 1.82) is 0 Å². The second-order valence-corrected chi connectivity index (χ2v) is 5.70. The number of nitrogens with two attached hydrogens (primary N) is 1. The maximum Gasteiger partial charge on any atom is 0.128 e. The van der Waals surface area contributed by atoms with Crippen LogP contribution in [-0.2, 0) is 5.54 Å². The molecule has 2 heteroatoms. The summed E-state index contributed by atoms with van der Waals surface area (Å²) in [5.74, 6) is 0.515. The summed E-state index contributed by atoms with van der Waals surface area (Å²) in [4.78, 5) is 0. The van der Waals surface area contributed by atoms with Crippen LogP contribution in [0.3, 0.4) is 0 Å². The summed E-state index contributed by atoms with van der Waals surface area (Å²) in [7, 11) is 0. The van der Waals surface area contributed by atoms with Crippen molar-refractivity contribution in [3.05, 3.63) is 35.6 Å². The molecule has 1 saturated carbocycles. The summed E-state index contributed by atoms with van der Waals surface area (Å²) in [5, 5.41) is 0. The highest BCUT2D eigenvalue weighted by atomic mass is 19.1. The summed E-state index contributed by atoms with van der Waals surface area (Å²) in [6.07, 6.45) is 8.19. The molecule has 18 heavy (non-hydrogen) atoms. The summed E-state index contributed by atoms with van der Waals surface area (Å²) >= 11 is 0. The minimum atomic E-state index is -0.493. The minimum Gasteiger partial charge on any atom is -0.321 e. The fourth-order valence-electron chi connectivity index (χ4n) is 3.22. The lowest BCUT2D eigenvalue weighted by Crippen LogP contribution is -2.39. The third-order valence-electron chi connectivity index (χ3n) is 4.42. The van der Waals surface area contributed by atoms with Gasteiger partial charge in [0, 0.05) is 11.1 Å². The monoisotopic (exact) mass is 249 g/mol. The van der Waals surface area contributed by atoms with Crippen molar-refractivity contribution in [2.45, 2.75) is 57.4 Å². The second kappa shape index (κ2) is 5.83. The van der Waals surface area contributed by atoms with Gasteiger partial charge < -0.3 is 5.73 Å². The number of benzene rings is 1. The fourth-order valence-corrected chi connectivity index (χ4v) is 3.22. The molecule has 0 amide bonds. The van der Waals surface area contributed by atoms with Gasteiger partial charge >= 0.3 is 0 Å². The van der Waals surface area contributed by atoms with Crippen LogP contribution in [0, 0.1) is 11.7 Å². The minimum absolute atomic E-state index is 0.155. The van der Waals surface area contributed by atoms with Crippen LogP contribution >= 0.6 is 0 Å². The van der Waals surface area contributed by atoms with E-state index in [-0.39, 0.29) is 5.82 Å². The zero-order valence-electron chi connectivity index (χ0n) is 11.3. The smallest absolute Gasteiger partial charge is 0.128 e. The molecule has 2 N–H and O–H groups in total. The Morgan fingerprint density at radius 3 is 2.50 bits per heavy atom. The quantitative estimate of drug-likeness (QED) is 0.843. The molecule has 0 bridgehead atoms. The molecule has 1 aromatic carbocycles. The van der Waals surface area contributed by atoms with Crippen LogP contribution in [0.5, 0.6) is 0 Å². The first-order chi connectivity index (χ1) is 8.65. The van der Waals surface area contributed by atoms with Gasteiger partial charge in [-0.05, 0) is 24.8 Å². The molecule has 1 nitrogen and oxygen atoms in total. The molecule has 0 aromatic heterocycles. The van der Waals surface area contributed by atoms with Crippen LogP contribution in [0.1, 0.15) is 57.4 Å². The lowest BCUT2D eigenvalue weighted by Gasteiger charge is -2.34. The average Bonchev–Trinajstić information content (AvgIpc) is 2.40. The van der Waals surface area contributed by atoms with E-state index >= 15 is 0 Å². The topological polar surface area (TPSA) is 26.0 Å². The molecule has 2 rings (SSSR count). The molecule has 0 spiro atoms. The van der Waals surface area contributed by atoms with Gasteiger partial charge in [0.25, 0.3) is 0 Å². The van der Waals surface area contributed by atoms with Crippen LogP contribution in [0.15, 0.2) is 24.3 Å². The van der Waals surface area contributed by atoms with Crippen LogP contribution in [0.25, 0.3) is 0 Å². The van der Waals surface area contributed by atoms with Crippen molar-refractivity contribution in [1.82, 2.24) is 0 Å². The molecule has 0 radical (unpaired) electrons. The molecule has 0 saturated heterocycles. The number of halogens is 1. The van der Waals surface area contributed by atoms with Gasteiger partial charge in [-0.2, -0.15) is 0 Å². The summed E-state index contributed by atoms with van der Waals surface area (Å²) in [5.41, 5.74) is 6.71. The van der Waals surface area contributed by atoms with E-state index in [2.05, 4.69) is 6.92 Å². The SMILES string of the molecule is CCC(N)(CC1CCCCC1)c1ccccc1F. The van der Waals surface area contributed by atoms with Crippen molar-refractivity contribution in [3.8, 4) is 0 Å². The molecule has 100 valence electrons. The molecular weight excluding hydrogens is 225 g/mol. The van der Waals surface area contributed by atoms with Crippen molar-refractivity contribution < 1.29 is 4.39 Å². The predicted octanol–water partition coefficient (Wildman–Crippen LogP) is 4.36. The normalized spacial score (nSPS) is 20.6. The van der Waals surface area contributed by atoms with Crippen molar-refractivity contribution in [2.75, 3.05) is 0 Å². The molecule has 1 aliphatic carbocycles. The van der Waals surface area contributed by atoms with E-state index in [0.29, 0.717) is 11.5 Å². The standard InChI is InChI=1S/C16H24FN/c1-2-16(18,12-13-8-4-3-5-9-13)14-10-6-7-11-15(14)17/h6-7,10-11,13H,2-5,8-9,12,18H2,1H3. The molecule has 1 unspecified atom stereocenters. The Balaban J connectivity index is 2.16. The van der Waals surface area contributed by atoms with Crippen LogP contribution < -0.4 is 5.73 Å². The highest BCUT2D eigenvalue weighted by Gasteiger charge is 2.31. The first kappa shape index (κ1) is 13.5. The lowest BCUT2D eigenvalue weighted by atomic mass is 9.75. The Morgan fingerprint density at radius 2 is 1.89 bits per heavy atom. The zero-order chi connectivity index (χ0) is 13.0.